The van der Waals surface area contributed by atoms with Crippen molar-refractivity contribution in [3.63, 3.8) is 0 Å². The van der Waals surface area contributed by atoms with E-state index in [0.29, 0.717) is 12.4 Å². The molecular formula is C17H14N2O3. The number of hydrogen-bond donors (Lipinski definition) is 2. The molecule has 0 aliphatic carbocycles. The second kappa shape index (κ2) is 6.13. The van der Waals surface area contributed by atoms with Gasteiger partial charge in [0.15, 0.2) is 0 Å². The van der Waals surface area contributed by atoms with E-state index in [2.05, 4.69) is 9.97 Å². The molecule has 0 fully saturated rings. The van der Waals surface area contributed by atoms with Gasteiger partial charge in [0.25, 0.3) is 0 Å². The van der Waals surface area contributed by atoms with Crippen LogP contribution in [0.4, 0.5) is 0 Å². The monoisotopic (exact) mass is 294 g/mol. The first-order valence-corrected chi connectivity index (χ1v) is 6.78. The van der Waals surface area contributed by atoms with Crippen LogP contribution in [-0.4, -0.2) is 21.0 Å². The Labute approximate surface area is 126 Å². The topological polar surface area (TPSA) is 75.2 Å². The number of carboxylic acids is 1. The van der Waals surface area contributed by atoms with Gasteiger partial charge in [0.2, 0.25) is 0 Å². The second-order valence-corrected chi connectivity index (χ2v) is 4.73. The third-order valence-electron chi connectivity index (χ3n) is 3.11. The van der Waals surface area contributed by atoms with E-state index in [1.54, 1.807) is 24.3 Å². The number of carbonyl (C=O) groups is 1. The van der Waals surface area contributed by atoms with Crippen LogP contribution in [0.3, 0.4) is 0 Å². The van der Waals surface area contributed by atoms with Crippen LogP contribution in [0.5, 0.6) is 5.75 Å². The molecule has 0 atom stereocenters. The third-order valence-corrected chi connectivity index (χ3v) is 3.11. The fourth-order valence-electron chi connectivity index (χ4n) is 2.07. The number of nitrogens with zero attached hydrogens (tertiary/aromatic N) is 1. The molecule has 3 aromatic rings. The van der Waals surface area contributed by atoms with Crippen molar-refractivity contribution in [2.24, 2.45) is 0 Å². The molecule has 3 rings (SSSR count). The first-order chi connectivity index (χ1) is 10.7. The molecular weight excluding hydrogens is 280 g/mol. The van der Waals surface area contributed by atoms with Crippen LogP contribution in [0.1, 0.15) is 11.4 Å². The molecule has 0 saturated carbocycles. The van der Waals surface area contributed by atoms with Gasteiger partial charge < -0.3 is 14.8 Å². The van der Waals surface area contributed by atoms with Crippen molar-refractivity contribution in [3.05, 3.63) is 66.0 Å². The Morgan fingerprint density at radius 1 is 1.18 bits per heavy atom. The Hall–Kier alpha value is -3.08. The summed E-state index contributed by atoms with van der Waals surface area (Å²) in [5.74, 6) is 0.495. The number of imidazole rings is 1. The van der Waals surface area contributed by atoms with Crippen molar-refractivity contribution in [1.29, 1.82) is 0 Å². The first kappa shape index (κ1) is 13.9. The highest BCUT2D eigenvalue weighted by Crippen LogP contribution is 2.16. The Balaban J connectivity index is 1.64. The predicted octanol–water partition coefficient (Wildman–Crippen LogP) is 3.24. The lowest BCUT2D eigenvalue weighted by molar-refractivity contribution is -0.131. The van der Waals surface area contributed by atoms with Crippen LogP contribution < -0.4 is 4.74 Å². The van der Waals surface area contributed by atoms with E-state index in [-0.39, 0.29) is 0 Å². The van der Waals surface area contributed by atoms with Crippen molar-refractivity contribution in [3.8, 4) is 5.75 Å². The Kier molecular flexibility index (Phi) is 3.87. The summed E-state index contributed by atoms with van der Waals surface area (Å²) in [4.78, 5) is 18.1. The van der Waals surface area contributed by atoms with Gasteiger partial charge in [-0.15, -0.1) is 0 Å². The molecule has 5 heteroatoms. The van der Waals surface area contributed by atoms with E-state index in [4.69, 9.17) is 9.84 Å². The van der Waals surface area contributed by atoms with E-state index in [1.807, 2.05) is 24.3 Å². The Morgan fingerprint density at radius 2 is 1.95 bits per heavy atom. The molecule has 0 spiro atoms. The maximum absolute atomic E-state index is 10.5. The maximum Gasteiger partial charge on any atom is 0.328 e. The van der Waals surface area contributed by atoms with Crippen LogP contribution in [-0.2, 0) is 11.4 Å². The maximum atomic E-state index is 10.5. The van der Waals surface area contributed by atoms with Gasteiger partial charge in [-0.1, -0.05) is 24.3 Å². The van der Waals surface area contributed by atoms with Crippen molar-refractivity contribution < 1.29 is 14.6 Å². The summed E-state index contributed by atoms with van der Waals surface area (Å²) in [5.41, 5.74) is 2.70. The smallest absolute Gasteiger partial charge is 0.328 e. The van der Waals surface area contributed by atoms with Crippen LogP contribution in [0, 0.1) is 0 Å². The molecule has 0 aliphatic rings. The van der Waals surface area contributed by atoms with Crippen LogP contribution in [0.25, 0.3) is 17.1 Å². The summed E-state index contributed by atoms with van der Waals surface area (Å²) >= 11 is 0. The average molecular weight is 294 g/mol. The lowest BCUT2D eigenvalue weighted by Crippen LogP contribution is -1.97. The molecule has 0 unspecified atom stereocenters. The zero-order valence-electron chi connectivity index (χ0n) is 11.7. The van der Waals surface area contributed by atoms with Gasteiger partial charge in [-0.05, 0) is 35.9 Å². The predicted molar refractivity (Wildman–Crippen MR) is 83.5 cm³/mol. The van der Waals surface area contributed by atoms with Crippen molar-refractivity contribution in [1.82, 2.24) is 9.97 Å². The summed E-state index contributed by atoms with van der Waals surface area (Å²) in [6.45, 7) is 0.346. The number of nitrogens with one attached hydrogen (secondary N) is 1. The molecule has 5 nitrogen and oxygen atoms in total. The summed E-state index contributed by atoms with van der Waals surface area (Å²) in [7, 11) is 0. The quantitative estimate of drug-likeness (QED) is 0.708. The van der Waals surface area contributed by atoms with Crippen LogP contribution >= 0.6 is 0 Å². The highest BCUT2D eigenvalue weighted by atomic mass is 16.5. The summed E-state index contributed by atoms with van der Waals surface area (Å²) in [5, 5.41) is 8.58. The first-order valence-electron chi connectivity index (χ1n) is 6.78. The van der Waals surface area contributed by atoms with Gasteiger partial charge in [-0.3, -0.25) is 0 Å². The van der Waals surface area contributed by atoms with E-state index in [0.717, 1.165) is 28.5 Å². The number of hydrogen-bond acceptors (Lipinski definition) is 3. The van der Waals surface area contributed by atoms with Gasteiger partial charge in [-0.2, -0.15) is 0 Å². The molecule has 22 heavy (non-hydrogen) atoms. The number of benzene rings is 2. The minimum Gasteiger partial charge on any atom is -0.486 e. The number of rotatable bonds is 5. The van der Waals surface area contributed by atoms with Gasteiger partial charge in [-0.25, -0.2) is 9.78 Å². The zero-order valence-corrected chi connectivity index (χ0v) is 11.7. The Morgan fingerprint density at radius 3 is 2.68 bits per heavy atom. The molecule has 110 valence electrons. The zero-order chi connectivity index (χ0) is 15.4. The molecule has 2 N–H and O–H groups in total. The summed E-state index contributed by atoms with van der Waals surface area (Å²) < 4.78 is 5.67. The number of H-pyrrole nitrogens is 1. The average Bonchev–Trinajstić information content (AvgIpc) is 2.95. The molecule has 0 amide bonds. The SMILES string of the molecule is O=C(O)/C=C/c1ccc(OCc2nc3ccccc3[nH]2)cc1. The summed E-state index contributed by atoms with van der Waals surface area (Å²) in [6, 6.07) is 15.0. The van der Waals surface area contributed by atoms with E-state index in [1.165, 1.54) is 6.08 Å². The fraction of sp³-hybridized carbons (Fsp3) is 0.0588. The van der Waals surface area contributed by atoms with E-state index in [9.17, 15) is 4.79 Å². The minimum atomic E-state index is -0.967. The van der Waals surface area contributed by atoms with Gasteiger partial charge in [0.05, 0.1) is 11.0 Å². The minimum absolute atomic E-state index is 0.346. The number of aromatic nitrogens is 2. The number of aromatic amines is 1. The molecule has 0 aliphatic heterocycles. The van der Waals surface area contributed by atoms with E-state index >= 15 is 0 Å². The molecule has 1 aromatic heterocycles. The van der Waals surface area contributed by atoms with Gasteiger partial charge in [0.1, 0.15) is 18.2 Å². The largest absolute Gasteiger partial charge is 0.486 e. The molecule has 0 saturated heterocycles. The standard InChI is InChI=1S/C17H14N2O3/c20-17(21)10-7-12-5-8-13(9-6-12)22-11-16-18-14-3-1-2-4-15(14)19-16/h1-10H,11H2,(H,18,19)(H,20,21)/b10-7+. The number of fused-ring (bicyclic) bond motifs is 1. The van der Waals surface area contributed by atoms with Crippen molar-refractivity contribution in [2.75, 3.05) is 0 Å². The molecule has 0 radical (unpaired) electrons. The molecule has 2 aromatic carbocycles. The summed E-state index contributed by atoms with van der Waals surface area (Å²) in [6.07, 6.45) is 2.63. The fourth-order valence-corrected chi connectivity index (χ4v) is 2.07. The number of carboxylic acid groups (broad SMARTS) is 1. The highest BCUT2D eigenvalue weighted by molar-refractivity contribution is 5.85. The number of aliphatic carboxylic acids is 1. The lowest BCUT2D eigenvalue weighted by Gasteiger charge is -2.04. The number of ether oxygens (including phenoxy) is 1. The Bertz CT molecular complexity index is 786. The van der Waals surface area contributed by atoms with Crippen LogP contribution in [0.15, 0.2) is 54.6 Å². The van der Waals surface area contributed by atoms with Crippen molar-refractivity contribution in [2.45, 2.75) is 6.61 Å². The molecule has 0 bridgehead atoms. The highest BCUT2D eigenvalue weighted by Gasteiger charge is 2.02. The molecule has 1 heterocycles. The van der Waals surface area contributed by atoms with Crippen molar-refractivity contribution >= 4 is 23.1 Å². The normalized spacial score (nSPS) is 11.1. The number of para-hydroxylation sites is 2. The van der Waals surface area contributed by atoms with Gasteiger partial charge >= 0.3 is 5.97 Å². The lowest BCUT2D eigenvalue weighted by atomic mass is 10.2. The second-order valence-electron chi connectivity index (χ2n) is 4.73. The van der Waals surface area contributed by atoms with E-state index < -0.39 is 5.97 Å². The third kappa shape index (κ3) is 3.32. The van der Waals surface area contributed by atoms with Crippen LogP contribution in [0.2, 0.25) is 0 Å². The van der Waals surface area contributed by atoms with Gasteiger partial charge in [0, 0.05) is 6.08 Å².